The second kappa shape index (κ2) is 11.6. The average Bonchev–Trinajstić information content (AvgIpc) is 2.19. The van der Waals surface area contributed by atoms with Crippen LogP contribution in [0.4, 0.5) is 0 Å². The maximum Gasteiger partial charge on any atom is 0.222 e. The Morgan fingerprint density at radius 3 is 1.50 bits per heavy atom. The van der Waals surface area contributed by atoms with Gasteiger partial charge < -0.3 is 0 Å². The van der Waals surface area contributed by atoms with Gasteiger partial charge in [-0.05, 0) is 0 Å². The zero-order valence-corrected chi connectivity index (χ0v) is 11.6. The van der Waals surface area contributed by atoms with Crippen LogP contribution in [-0.2, 0) is 0 Å². The fourth-order valence-corrected chi connectivity index (χ4v) is 2.38. The summed E-state index contributed by atoms with van der Waals surface area (Å²) < 4.78 is 0. The van der Waals surface area contributed by atoms with Crippen LogP contribution in [0.25, 0.3) is 0 Å². The standard InChI is InChI=1S/C12H26BBr/c1-3-5-7-9-11-13(14)12-10-8-6-4-2/h3-12H2,1-2H3. The fraction of sp³-hybridized carbons (Fsp3) is 1.00. The second-order valence-electron chi connectivity index (χ2n) is 4.30. The van der Waals surface area contributed by atoms with Gasteiger partial charge in [0.1, 0.15) is 0 Å². The summed E-state index contributed by atoms with van der Waals surface area (Å²) in [6.07, 6.45) is 14.0. The highest BCUT2D eigenvalue weighted by atomic mass is 79.9. The summed E-state index contributed by atoms with van der Waals surface area (Å²) in [5.41, 5.74) is 0.788. The van der Waals surface area contributed by atoms with Crippen molar-refractivity contribution in [1.29, 1.82) is 0 Å². The minimum absolute atomic E-state index is 0.788. The molecule has 0 N–H and O–H groups in total. The average molecular weight is 261 g/mol. The first-order chi connectivity index (χ1) is 6.81. The van der Waals surface area contributed by atoms with E-state index < -0.39 is 0 Å². The van der Waals surface area contributed by atoms with Crippen LogP contribution in [0.3, 0.4) is 0 Å². The Morgan fingerprint density at radius 1 is 0.714 bits per heavy atom. The van der Waals surface area contributed by atoms with Crippen LogP contribution in [0.5, 0.6) is 0 Å². The van der Waals surface area contributed by atoms with Crippen molar-refractivity contribution in [3.8, 4) is 0 Å². The van der Waals surface area contributed by atoms with E-state index in [-0.39, 0.29) is 0 Å². The molecule has 14 heavy (non-hydrogen) atoms. The van der Waals surface area contributed by atoms with Crippen LogP contribution < -0.4 is 0 Å². The van der Waals surface area contributed by atoms with Crippen molar-refractivity contribution < 1.29 is 0 Å². The van der Waals surface area contributed by atoms with E-state index in [1.165, 1.54) is 64.0 Å². The lowest BCUT2D eigenvalue weighted by molar-refractivity contribution is 0.688. The number of unbranched alkanes of at least 4 members (excludes halogenated alkanes) is 6. The van der Waals surface area contributed by atoms with E-state index in [9.17, 15) is 0 Å². The third-order valence-corrected chi connectivity index (χ3v) is 3.66. The van der Waals surface area contributed by atoms with Gasteiger partial charge in [0.25, 0.3) is 0 Å². The van der Waals surface area contributed by atoms with Crippen molar-refractivity contribution in [3.63, 3.8) is 0 Å². The third kappa shape index (κ3) is 10.6. The summed E-state index contributed by atoms with van der Waals surface area (Å²) in [6, 6.07) is 0. The van der Waals surface area contributed by atoms with Gasteiger partial charge in [-0.15, -0.1) is 0 Å². The van der Waals surface area contributed by atoms with E-state index in [2.05, 4.69) is 29.6 Å². The molecule has 0 aliphatic rings. The Morgan fingerprint density at radius 2 is 1.14 bits per heavy atom. The minimum Gasteiger partial charge on any atom is -0.157 e. The van der Waals surface area contributed by atoms with Gasteiger partial charge in [-0.25, -0.2) is 0 Å². The first-order valence-electron chi connectivity index (χ1n) is 6.45. The van der Waals surface area contributed by atoms with Crippen LogP contribution in [0.2, 0.25) is 12.6 Å². The van der Waals surface area contributed by atoms with Gasteiger partial charge in [-0.1, -0.05) is 77.9 Å². The predicted octanol–water partition coefficient (Wildman–Crippen LogP) is 5.53. The van der Waals surface area contributed by atoms with Crippen LogP contribution >= 0.6 is 15.8 Å². The molecule has 0 aliphatic heterocycles. The van der Waals surface area contributed by atoms with E-state index in [1.54, 1.807) is 0 Å². The molecule has 0 heterocycles. The molecule has 0 saturated heterocycles. The molecule has 0 saturated carbocycles. The maximum atomic E-state index is 3.78. The highest BCUT2D eigenvalue weighted by molar-refractivity contribution is 9.24. The lowest BCUT2D eigenvalue weighted by Gasteiger charge is -2.05. The zero-order chi connectivity index (χ0) is 10.6. The van der Waals surface area contributed by atoms with E-state index in [4.69, 9.17) is 0 Å². The monoisotopic (exact) mass is 260 g/mol. The van der Waals surface area contributed by atoms with Crippen molar-refractivity contribution in [1.82, 2.24) is 0 Å². The van der Waals surface area contributed by atoms with Crippen molar-refractivity contribution in [2.75, 3.05) is 0 Å². The molecule has 0 aromatic carbocycles. The zero-order valence-electron chi connectivity index (χ0n) is 10.0. The smallest absolute Gasteiger partial charge is 0.157 e. The maximum absolute atomic E-state index is 3.78. The molecule has 0 spiro atoms. The quantitative estimate of drug-likeness (QED) is 0.358. The summed E-state index contributed by atoms with van der Waals surface area (Å²) in [5, 5.41) is 0. The molecule has 0 aliphatic carbocycles. The van der Waals surface area contributed by atoms with Gasteiger partial charge in [0.05, 0.1) is 0 Å². The van der Waals surface area contributed by atoms with Crippen molar-refractivity contribution in [2.24, 2.45) is 0 Å². The Hall–Kier alpha value is 0.545. The van der Waals surface area contributed by atoms with Crippen LogP contribution in [0, 0.1) is 0 Å². The van der Waals surface area contributed by atoms with E-state index in [0.717, 1.165) is 5.54 Å². The van der Waals surface area contributed by atoms with Gasteiger partial charge in [0, 0.05) is 0 Å². The topological polar surface area (TPSA) is 0 Å². The number of halogens is 1. The van der Waals surface area contributed by atoms with Crippen molar-refractivity contribution >= 4 is 21.3 Å². The largest absolute Gasteiger partial charge is 0.222 e. The van der Waals surface area contributed by atoms with Crippen LogP contribution in [-0.4, -0.2) is 5.54 Å². The molecule has 0 rings (SSSR count). The van der Waals surface area contributed by atoms with Crippen LogP contribution in [0.15, 0.2) is 0 Å². The van der Waals surface area contributed by atoms with Gasteiger partial charge >= 0.3 is 0 Å². The Bertz CT molecular complexity index is 94.5. The molecule has 0 unspecified atom stereocenters. The molecule has 84 valence electrons. The van der Waals surface area contributed by atoms with Crippen LogP contribution in [0.1, 0.15) is 65.2 Å². The lowest BCUT2D eigenvalue weighted by atomic mass is 9.67. The summed E-state index contributed by atoms with van der Waals surface area (Å²) in [6.45, 7) is 4.55. The summed E-state index contributed by atoms with van der Waals surface area (Å²) in [4.78, 5) is 0. The molecule has 0 fully saturated rings. The van der Waals surface area contributed by atoms with Gasteiger partial charge in [-0.2, -0.15) is 15.8 Å². The molecule has 0 bridgehead atoms. The molecule has 0 aromatic heterocycles. The summed E-state index contributed by atoms with van der Waals surface area (Å²) >= 11 is 3.78. The summed E-state index contributed by atoms with van der Waals surface area (Å²) in [5.74, 6) is 0. The third-order valence-electron chi connectivity index (χ3n) is 2.74. The van der Waals surface area contributed by atoms with Gasteiger partial charge in [0.2, 0.25) is 5.54 Å². The van der Waals surface area contributed by atoms with Gasteiger partial charge in [0.15, 0.2) is 0 Å². The normalized spacial score (nSPS) is 10.5. The Balaban J connectivity index is 3.07. The van der Waals surface area contributed by atoms with E-state index in [0.29, 0.717) is 0 Å². The second-order valence-corrected chi connectivity index (χ2v) is 5.59. The molecule has 2 heteroatoms. The predicted molar refractivity (Wildman–Crippen MR) is 72.6 cm³/mol. The number of hydrogen-bond acceptors (Lipinski definition) is 0. The van der Waals surface area contributed by atoms with Crippen molar-refractivity contribution in [3.05, 3.63) is 0 Å². The Labute approximate surface area is 99.3 Å². The minimum atomic E-state index is 0.788. The highest BCUT2D eigenvalue weighted by Gasteiger charge is 2.07. The lowest BCUT2D eigenvalue weighted by Crippen LogP contribution is -2.01. The van der Waals surface area contributed by atoms with Crippen molar-refractivity contribution in [2.45, 2.75) is 77.9 Å². The molecule has 0 nitrogen and oxygen atoms in total. The summed E-state index contributed by atoms with van der Waals surface area (Å²) in [7, 11) is 0. The highest BCUT2D eigenvalue weighted by Crippen LogP contribution is 2.16. The molecule has 0 radical (unpaired) electrons. The van der Waals surface area contributed by atoms with E-state index >= 15 is 0 Å². The molecular weight excluding hydrogens is 235 g/mol. The Kier molecular flexibility index (Phi) is 12.1. The first kappa shape index (κ1) is 14.5. The number of rotatable bonds is 10. The molecule has 0 atom stereocenters. The van der Waals surface area contributed by atoms with Gasteiger partial charge in [-0.3, -0.25) is 0 Å². The molecular formula is C12H26BBr. The van der Waals surface area contributed by atoms with E-state index in [1.807, 2.05) is 0 Å². The number of hydrogen-bond donors (Lipinski definition) is 0. The molecule has 0 aromatic rings. The fourth-order valence-electron chi connectivity index (χ4n) is 1.73. The first-order valence-corrected chi connectivity index (χ1v) is 7.36. The molecule has 0 amide bonds. The SMILES string of the molecule is CCCCCCB(Br)CCCCCC.